The molecule has 0 spiro atoms. The molecule has 3 rings (SSSR count). The number of carboxylic acid groups (broad SMARTS) is 1. The van der Waals surface area contributed by atoms with Gasteiger partial charge in [0.2, 0.25) is 0 Å². The molecule has 4 amide bonds. The van der Waals surface area contributed by atoms with Gasteiger partial charge in [0, 0.05) is 6.07 Å². The number of imide groups is 2. The van der Waals surface area contributed by atoms with E-state index in [0.717, 1.165) is 4.90 Å². The summed E-state index contributed by atoms with van der Waals surface area (Å²) in [6.45, 7) is 3.55. The van der Waals surface area contributed by atoms with Crippen molar-refractivity contribution in [1.82, 2.24) is 5.32 Å². The lowest BCUT2D eigenvalue weighted by atomic mass is 10.1. The van der Waals surface area contributed by atoms with Crippen LogP contribution in [-0.4, -0.2) is 36.5 Å². The van der Waals surface area contributed by atoms with Crippen molar-refractivity contribution in [3.8, 4) is 11.5 Å². The molecule has 1 aliphatic heterocycles. The lowest BCUT2D eigenvalue weighted by Gasteiger charge is -2.26. The Morgan fingerprint density at radius 2 is 1.84 bits per heavy atom. The van der Waals surface area contributed by atoms with E-state index >= 15 is 0 Å². The third kappa shape index (κ3) is 4.89. The number of benzene rings is 2. The van der Waals surface area contributed by atoms with Gasteiger partial charge in [-0.3, -0.25) is 14.9 Å². The quantitative estimate of drug-likeness (QED) is 0.525. The highest BCUT2D eigenvalue weighted by molar-refractivity contribution is 6.39. The first-order valence-corrected chi connectivity index (χ1v) is 9.42. The van der Waals surface area contributed by atoms with Gasteiger partial charge >= 0.3 is 6.03 Å². The van der Waals surface area contributed by atoms with Crippen molar-refractivity contribution in [2.45, 2.75) is 20.0 Å². The van der Waals surface area contributed by atoms with Gasteiger partial charge in [0.05, 0.1) is 18.3 Å². The normalized spacial score (nSPS) is 16.1. The number of aliphatic carboxylic acids is 1. The number of hydrogen-bond donors (Lipinski definition) is 1. The van der Waals surface area contributed by atoms with E-state index in [1.165, 1.54) is 31.2 Å². The first-order chi connectivity index (χ1) is 14.8. The van der Waals surface area contributed by atoms with Gasteiger partial charge in [-0.2, -0.15) is 0 Å². The van der Waals surface area contributed by atoms with Crippen molar-refractivity contribution >= 4 is 35.6 Å². The molecule has 9 heteroatoms. The predicted molar refractivity (Wildman–Crippen MR) is 108 cm³/mol. The molecule has 0 saturated carbocycles. The van der Waals surface area contributed by atoms with Crippen molar-refractivity contribution in [1.29, 1.82) is 0 Å². The summed E-state index contributed by atoms with van der Waals surface area (Å²) in [5.74, 6) is -2.20. The molecule has 0 aromatic heterocycles. The number of carbonyl (C=O) groups excluding carboxylic acids is 4. The van der Waals surface area contributed by atoms with Crippen LogP contribution in [0.4, 0.5) is 10.5 Å². The number of amides is 4. The topological polar surface area (TPSA) is 125 Å². The fourth-order valence-corrected chi connectivity index (χ4v) is 2.83. The molecule has 0 radical (unpaired) electrons. The third-order valence-electron chi connectivity index (χ3n) is 4.32. The van der Waals surface area contributed by atoms with Crippen molar-refractivity contribution in [2.24, 2.45) is 0 Å². The van der Waals surface area contributed by atoms with Crippen LogP contribution < -0.4 is 24.8 Å². The molecule has 0 unspecified atom stereocenters. The summed E-state index contributed by atoms with van der Waals surface area (Å²) in [5.41, 5.74) is 0.495. The molecule has 0 bridgehead atoms. The number of rotatable bonds is 7. The van der Waals surface area contributed by atoms with Gasteiger partial charge < -0.3 is 19.4 Å². The standard InChI is InChI=1S/C22H20N2O7/c1-3-30-17-6-4-5-15(12-17)24-20(26)18(19(25)23-22(24)29)11-14-7-9-16(10-8-14)31-13(2)21(27)28/h4-13H,3H2,1-2H3,(H,27,28)(H,23,25,29)/p-1/b18-11-/t13-/m0/s1. The van der Waals surface area contributed by atoms with Crippen molar-refractivity contribution in [3.63, 3.8) is 0 Å². The Hall–Kier alpha value is -4.14. The van der Waals surface area contributed by atoms with Crippen LogP contribution in [0.25, 0.3) is 6.08 Å². The molecule has 160 valence electrons. The van der Waals surface area contributed by atoms with E-state index in [1.54, 1.807) is 37.3 Å². The van der Waals surface area contributed by atoms with Gasteiger partial charge in [-0.15, -0.1) is 0 Å². The van der Waals surface area contributed by atoms with E-state index in [0.29, 0.717) is 17.9 Å². The largest absolute Gasteiger partial charge is 0.546 e. The van der Waals surface area contributed by atoms with Crippen molar-refractivity contribution < 1.29 is 33.8 Å². The third-order valence-corrected chi connectivity index (χ3v) is 4.32. The second-order valence-electron chi connectivity index (χ2n) is 6.54. The Kier molecular flexibility index (Phi) is 6.35. The van der Waals surface area contributed by atoms with Crippen LogP contribution in [-0.2, 0) is 14.4 Å². The molecule has 9 nitrogen and oxygen atoms in total. The number of ether oxygens (including phenoxy) is 2. The van der Waals surface area contributed by atoms with E-state index in [1.807, 2.05) is 0 Å². The minimum atomic E-state index is -1.35. The molecule has 0 aliphatic carbocycles. The molecule has 1 fully saturated rings. The van der Waals surface area contributed by atoms with Gasteiger partial charge in [0.1, 0.15) is 23.2 Å². The SMILES string of the molecule is CCOc1cccc(N2C(=O)NC(=O)/C(=C/c3ccc(O[C@@H](C)C(=O)[O-])cc3)C2=O)c1. The Labute approximate surface area is 177 Å². The molecule has 2 aromatic carbocycles. The first kappa shape index (κ1) is 21.6. The van der Waals surface area contributed by atoms with Gasteiger partial charge in [-0.1, -0.05) is 18.2 Å². The van der Waals surface area contributed by atoms with E-state index in [-0.39, 0.29) is 17.0 Å². The minimum absolute atomic E-state index is 0.238. The van der Waals surface area contributed by atoms with E-state index in [2.05, 4.69) is 5.32 Å². The van der Waals surface area contributed by atoms with Crippen LogP contribution in [0, 0.1) is 0 Å². The maximum absolute atomic E-state index is 12.9. The smallest absolute Gasteiger partial charge is 0.335 e. The summed E-state index contributed by atoms with van der Waals surface area (Å²) < 4.78 is 10.6. The Bertz CT molecular complexity index is 1060. The van der Waals surface area contributed by atoms with E-state index < -0.39 is 29.9 Å². The highest BCUT2D eigenvalue weighted by Gasteiger charge is 2.36. The molecule has 1 saturated heterocycles. The second-order valence-corrected chi connectivity index (χ2v) is 6.54. The van der Waals surface area contributed by atoms with Gasteiger partial charge in [0.15, 0.2) is 0 Å². The Morgan fingerprint density at radius 1 is 1.13 bits per heavy atom. The van der Waals surface area contributed by atoms with E-state index in [9.17, 15) is 24.3 Å². The molecular formula is C22H19N2O7-. The molecule has 2 aromatic rings. The number of barbiturate groups is 1. The number of anilines is 1. The maximum atomic E-state index is 12.9. The predicted octanol–water partition coefficient (Wildman–Crippen LogP) is 1.27. The highest BCUT2D eigenvalue weighted by Crippen LogP contribution is 2.26. The van der Waals surface area contributed by atoms with Gasteiger partial charge in [-0.05, 0) is 49.8 Å². The number of carboxylic acids is 1. The Balaban J connectivity index is 1.87. The summed E-state index contributed by atoms with van der Waals surface area (Å²) in [5, 5.41) is 12.9. The number of hydrogen-bond acceptors (Lipinski definition) is 7. The summed E-state index contributed by atoms with van der Waals surface area (Å²) in [4.78, 5) is 49.2. The van der Waals surface area contributed by atoms with Crippen molar-refractivity contribution in [2.75, 3.05) is 11.5 Å². The average molecular weight is 423 g/mol. The summed E-state index contributed by atoms with van der Waals surface area (Å²) in [6.07, 6.45) is 0.192. The lowest BCUT2D eigenvalue weighted by Crippen LogP contribution is -2.54. The van der Waals surface area contributed by atoms with Gasteiger partial charge in [-0.25, -0.2) is 9.69 Å². The van der Waals surface area contributed by atoms with Crippen LogP contribution in [0.1, 0.15) is 19.4 Å². The van der Waals surface area contributed by atoms with Crippen LogP contribution in [0.2, 0.25) is 0 Å². The van der Waals surface area contributed by atoms with Crippen LogP contribution in [0.3, 0.4) is 0 Å². The zero-order chi connectivity index (χ0) is 22.5. The molecule has 1 aliphatic rings. The fourth-order valence-electron chi connectivity index (χ4n) is 2.83. The van der Waals surface area contributed by atoms with E-state index in [4.69, 9.17) is 9.47 Å². The summed E-state index contributed by atoms with van der Waals surface area (Å²) >= 11 is 0. The molecule has 1 atom stereocenters. The number of urea groups is 1. The second kappa shape index (κ2) is 9.12. The maximum Gasteiger partial charge on any atom is 0.335 e. The number of nitrogens with zero attached hydrogens (tertiary/aromatic N) is 1. The monoisotopic (exact) mass is 423 g/mol. The molecule has 1 heterocycles. The number of carbonyl (C=O) groups is 4. The molecule has 1 N–H and O–H groups in total. The average Bonchev–Trinajstić information content (AvgIpc) is 2.72. The van der Waals surface area contributed by atoms with Gasteiger partial charge in [0.25, 0.3) is 11.8 Å². The molecular weight excluding hydrogens is 404 g/mol. The fraction of sp³-hybridized carbons (Fsp3) is 0.182. The zero-order valence-corrected chi connectivity index (χ0v) is 16.8. The van der Waals surface area contributed by atoms with Crippen LogP contribution in [0.5, 0.6) is 11.5 Å². The highest BCUT2D eigenvalue weighted by atomic mass is 16.5. The summed E-state index contributed by atoms with van der Waals surface area (Å²) in [7, 11) is 0. The van der Waals surface area contributed by atoms with Crippen LogP contribution in [0.15, 0.2) is 54.1 Å². The first-order valence-electron chi connectivity index (χ1n) is 9.42. The van der Waals surface area contributed by atoms with Crippen LogP contribution >= 0.6 is 0 Å². The Morgan fingerprint density at radius 3 is 2.48 bits per heavy atom. The van der Waals surface area contributed by atoms with Crippen molar-refractivity contribution in [3.05, 3.63) is 59.7 Å². The zero-order valence-electron chi connectivity index (χ0n) is 16.8. The summed E-state index contributed by atoms with van der Waals surface area (Å²) in [6, 6.07) is 11.6. The minimum Gasteiger partial charge on any atom is -0.546 e. The lowest BCUT2D eigenvalue weighted by molar-refractivity contribution is -0.312. The molecule has 31 heavy (non-hydrogen) atoms. The number of nitrogens with one attached hydrogen (secondary N) is 1.